The second-order valence-electron chi connectivity index (χ2n) is 8.31. The van der Waals surface area contributed by atoms with E-state index in [-0.39, 0.29) is 29.9 Å². The molecule has 3 rings (SSSR count). The average molecular weight is 517 g/mol. The number of hydrogen-bond acceptors (Lipinski definition) is 8. The fraction of sp³-hybridized carbons (Fsp3) is 0.500. The number of aryl methyl sites for hydroxylation is 1. The number of ether oxygens (including phenoxy) is 1. The Labute approximate surface area is 201 Å². The predicted molar refractivity (Wildman–Crippen MR) is 119 cm³/mol. The number of carbonyl (C=O) groups is 1. The number of hydrogen-bond donors (Lipinski definition) is 2. The molecule has 1 aromatic heterocycles. The second kappa shape index (κ2) is 11.0. The zero-order valence-corrected chi connectivity index (χ0v) is 19.9. The Morgan fingerprint density at radius 1 is 1.17 bits per heavy atom. The largest absolute Gasteiger partial charge is 0.389 e. The molecule has 35 heavy (non-hydrogen) atoms. The highest BCUT2D eigenvalue weighted by atomic mass is 32.2. The van der Waals surface area contributed by atoms with Gasteiger partial charge in [0.15, 0.2) is 14.6 Å². The maximum atomic E-state index is 13.5. The number of benzene rings is 1. The Morgan fingerprint density at radius 2 is 1.83 bits per heavy atom. The van der Waals surface area contributed by atoms with Crippen LogP contribution in [0.5, 0.6) is 0 Å². The Hall–Kier alpha value is -2.61. The van der Waals surface area contributed by atoms with Crippen molar-refractivity contribution in [2.75, 3.05) is 33.4 Å². The quantitative estimate of drug-likeness (QED) is 0.385. The molecule has 1 amide bonds. The van der Waals surface area contributed by atoms with Gasteiger partial charge in [-0.15, -0.1) is 0 Å². The number of aromatic nitrogens is 2. The van der Waals surface area contributed by atoms with E-state index < -0.39 is 33.1 Å². The first-order chi connectivity index (χ1) is 16.5. The van der Waals surface area contributed by atoms with Gasteiger partial charge in [-0.25, -0.2) is 13.9 Å². The summed E-state index contributed by atoms with van der Waals surface area (Å²) in [6.07, 6.45) is -3.00. The van der Waals surface area contributed by atoms with Crippen LogP contribution in [0.4, 0.5) is 13.2 Å². The third-order valence-corrected chi connectivity index (χ3v) is 8.65. The van der Waals surface area contributed by atoms with E-state index in [1.807, 2.05) is 4.90 Å². The highest BCUT2D eigenvalue weighted by Crippen LogP contribution is 2.36. The van der Waals surface area contributed by atoms with Crippen LogP contribution in [0.1, 0.15) is 25.0 Å². The summed E-state index contributed by atoms with van der Waals surface area (Å²) in [5.74, 6) is -0.978. The van der Waals surface area contributed by atoms with Crippen molar-refractivity contribution in [2.45, 2.75) is 41.5 Å². The van der Waals surface area contributed by atoms with Crippen molar-refractivity contribution in [1.82, 2.24) is 20.3 Å². The highest BCUT2D eigenvalue weighted by Gasteiger charge is 2.52. The molecule has 0 atom stereocenters. The van der Waals surface area contributed by atoms with Gasteiger partial charge in [0.05, 0.1) is 29.1 Å². The van der Waals surface area contributed by atoms with Gasteiger partial charge in [-0.2, -0.15) is 13.2 Å². The molecule has 1 fully saturated rings. The molecule has 9 nitrogen and oxygen atoms in total. The summed E-state index contributed by atoms with van der Waals surface area (Å²) in [4.78, 5) is 22.6. The lowest BCUT2D eigenvalue weighted by Gasteiger charge is -2.39. The van der Waals surface area contributed by atoms with Crippen LogP contribution in [0.15, 0.2) is 41.6 Å². The highest BCUT2D eigenvalue weighted by molar-refractivity contribution is 7.93. The van der Waals surface area contributed by atoms with E-state index in [0.717, 1.165) is 0 Å². The van der Waals surface area contributed by atoms with Gasteiger partial charge in [-0.3, -0.25) is 20.0 Å². The molecule has 2 heterocycles. The van der Waals surface area contributed by atoms with Gasteiger partial charge in [0, 0.05) is 44.9 Å². The lowest BCUT2D eigenvalue weighted by atomic mass is 9.95. The summed E-state index contributed by atoms with van der Waals surface area (Å²) in [7, 11) is -2.61. The first kappa shape index (κ1) is 27.0. The number of nitrogens with one attached hydrogen (secondary N) is 1. The molecule has 0 bridgehead atoms. The van der Waals surface area contributed by atoms with Crippen LogP contribution in [-0.4, -0.2) is 78.7 Å². The number of alkyl halides is 3. The fourth-order valence-electron chi connectivity index (χ4n) is 4.01. The van der Waals surface area contributed by atoms with E-state index in [0.29, 0.717) is 37.5 Å². The van der Waals surface area contributed by atoms with E-state index >= 15 is 0 Å². The van der Waals surface area contributed by atoms with E-state index in [1.165, 1.54) is 42.1 Å². The van der Waals surface area contributed by atoms with Gasteiger partial charge in [0.1, 0.15) is 0 Å². The van der Waals surface area contributed by atoms with Gasteiger partial charge in [0.2, 0.25) is 0 Å². The number of sulfone groups is 1. The molecule has 0 saturated carbocycles. The van der Waals surface area contributed by atoms with Gasteiger partial charge < -0.3 is 9.64 Å². The molecule has 192 valence electrons. The molecule has 2 N–H and O–H groups in total. The standard InChI is InChI=1S/C22H27F3N4O5S/c1-34-13-12-29-10-8-21(9-11-29,20(30)28-31)35(32,33)18-4-2-16(3-5-18)19-15-26-17(14-27-19)6-7-22(23,24)25/h2-5,14-15,31H,6-13H2,1H3,(H,28,30). The van der Waals surface area contributed by atoms with Crippen LogP contribution in [0.25, 0.3) is 11.3 Å². The number of piperidine rings is 1. The maximum Gasteiger partial charge on any atom is 0.389 e. The molecule has 0 aliphatic carbocycles. The van der Waals surface area contributed by atoms with Crippen LogP contribution in [0, 0.1) is 0 Å². The molecule has 0 radical (unpaired) electrons. The van der Waals surface area contributed by atoms with Gasteiger partial charge >= 0.3 is 6.18 Å². The SMILES string of the molecule is COCCN1CCC(C(=O)NO)(S(=O)(=O)c2ccc(-c3cnc(CCC(F)(F)F)cn3)cc2)CC1. The van der Waals surface area contributed by atoms with Crippen molar-refractivity contribution in [2.24, 2.45) is 0 Å². The Morgan fingerprint density at radius 3 is 2.34 bits per heavy atom. The number of amides is 1. The van der Waals surface area contributed by atoms with Crippen LogP contribution >= 0.6 is 0 Å². The topological polar surface area (TPSA) is 122 Å². The second-order valence-corrected chi connectivity index (χ2v) is 10.6. The van der Waals surface area contributed by atoms with Crippen molar-refractivity contribution in [1.29, 1.82) is 0 Å². The third-order valence-electron chi connectivity index (χ3n) is 6.14. The summed E-state index contributed by atoms with van der Waals surface area (Å²) in [5.41, 5.74) is 2.58. The normalized spacial score (nSPS) is 16.7. The number of likely N-dealkylation sites (tertiary alicyclic amines) is 1. The molecule has 1 saturated heterocycles. The van der Waals surface area contributed by atoms with E-state index in [4.69, 9.17) is 4.74 Å². The van der Waals surface area contributed by atoms with E-state index in [2.05, 4.69) is 9.97 Å². The minimum atomic E-state index is -4.29. The smallest absolute Gasteiger partial charge is 0.383 e. The average Bonchev–Trinajstić information content (AvgIpc) is 2.86. The lowest BCUT2D eigenvalue weighted by molar-refractivity contribution is -0.134. The number of carbonyl (C=O) groups excluding carboxylic acids is 1. The molecule has 1 aromatic carbocycles. The summed E-state index contributed by atoms with van der Waals surface area (Å²) in [6, 6.07) is 5.66. The molecule has 1 aliphatic heterocycles. The molecule has 2 aromatic rings. The van der Waals surface area contributed by atoms with Gasteiger partial charge in [0.25, 0.3) is 5.91 Å². The first-order valence-electron chi connectivity index (χ1n) is 10.9. The number of rotatable bonds is 9. The Kier molecular flexibility index (Phi) is 8.46. The monoisotopic (exact) mass is 516 g/mol. The summed E-state index contributed by atoms with van der Waals surface area (Å²) >= 11 is 0. The summed E-state index contributed by atoms with van der Waals surface area (Å²) < 4.78 is 67.4. The number of halogens is 3. The first-order valence-corrected chi connectivity index (χ1v) is 12.4. The van der Waals surface area contributed by atoms with Crippen LogP contribution in [0.3, 0.4) is 0 Å². The van der Waals surface area contributed by atoms with Gasteiger partial charge in [-0.05, 0) is 31.4 Å². The molecular formula is C22H27F3N4O5S. The molecule has 0 unspecified atom stereocenters. The predicted octanol–water partition coefficient (Wildman–Crippen LogP) is 2.40. The maximum absolute atomic E-state index is 13.5. The summed E-state index contributed by atoms with van der Waals surface area (Å²) in [5, 5.41) is 9.29. The Balaban J connectivity index is 1.79. The van der Waals surface area contributed by atoms with E-state index in [9.17, 15) is 31.6 Å². The fourth-order valence-corrected chi connectivity index (χ4v) is 5.97. The minimum absolute atomic E-state index is 0.00193. The lowest BCUT2D eigenvalue weighted by Crippen LogP contribution is -2.58. The van der Waals surface area contributed by atoms with Crippen molar-refractivity contribution < 1.29 is 36.3 Å². The molecular weight excluding hydrogens is 489 g/mol. The number of nitrogens with zero attached hydrogens (tertiary/aromatic N) is 3. The van der Waals surface area contributed by atoms with Crippen LogP contribution in [-0.2, 0) is 25.8 Å². The zero-order chi connectivity index (χ0) is 25.7. The van der Waals surface area contributed by atoms with E-state index in [1.54, 1.807) is 7.11 Å². The Bertz CT molecular complexity index is 1100. The van der Waals surface area contributed by atoms with Gasteiger partial charge in [-0.1, -0.05) is 12.1 Å². The number of hydroxylamine groups is 1. The van der Waals surface area contributed by atoms with Crippen molar-refractivity contribution in [3.63, 3.8) is 0 Å². The molecule has 0 spiro atoms. The summed E-state index contributed by atoms with van der Waals surface area (Å²) in [6.45, 7) is 1.74. The zero-order valence-electron chi connectivity index (χ0n) is 19.1. The van der Waals surface area contributed by atoms with Crippen molar-refractivity contribution >= 4 is 15.7 Å². The van der Waals surface area contributed by atoms with Crippen molar-refractivity contribution in [3.8, 4) is 11.3 Å². The van der Waals surface area contributed by atoms with Crippen LogP contribution < -0.4 is 5.48 Å². The van der Waals surface area contributed by atoms with Crippen LogP contribution in [0.2, 0.25) is 0 Å². The minimum Gasteiger partial charge on any atom is -0.383 e. The molecule has 13 heteroatoms. The molecule has 1 aliphatic rings. The third kappa shape index (κ3) is 6.15. The van der Waals surface area contributed by atoms with Crippen molar-refractivity contribution in [3.05, 3.63) is 42.4 Å². The number of methoxy groups -OCH3 is 1.